The number of hydrogen-bond acceptors (Lipinski definition) is 3. The van der Waals surface area contributed by atoms with Gasteiger partial charge in [-0.3, -0.25) is 0 Å². The molecular weight excluding hydrogens is 312 g/mol. The van der Waals surface area contributed by atoms with Crippen LogP contribution in [0.5, 0.6) is 5.75 Å². The second-order valence-corrected chi connectivity index (χ2v) is 5.08. The maximum Gasteiger partial charge on any atom is 0.207 e. The summed E-state index contributed by atoms with van der Waals surface area (Å²) >= 11 is 0. The Morgan fingerprint density at radius 3 is 2.52 bits per heavy atom. The average Bonchev–Trinajstić information content (AvgIpc) is 2.54. The van der Waals surface area contributed by atoms with E-state index in [1.807, 2.05) is 37.3 Å². The van der Waals surface area contributed by atoms with Crippen LogP contribution in [0.15, 0.2) is 40.8 Å². The summed E-state index contributed by atoms with van der Waals surface area (Å²) in [4.78, 5) is 4.71. The van der Waals surface area contributed by atoms with Gasteiger partial charge in [-0.25, -0.2) is 9.56 Å². The zero-order chi connectivity index (χ0) is 15.5. The predicted molar refractivity (Wildman–Crippen MR) is 88.2 cm³/mol. The third-order valence-electron chi connectivity index (χ3n) is 3.77. The summed E-state index contributed by atoms with van der Waals surface area (Å²) in [6.45, 7) is 8.75. The van der Waals surface area contributed by atoms with Crippen LogP contribution in [0.4, 0.5) is 0 Å². The molecule has 0 saturated carbocycles. The molecule has 0 aromatic heterocycles. The Hall–Kier alpha value is -2.07. The van der Waals surface area contributed by atoms with Gasteiger partial charge in [0.2, 0.25) is 5.36 Å². The molecule has 1 aliphatic carbocycles. The van der Waals surface area contributed by atoms with Gasteiger partial charge in [0.1, 0.15) is 24.3 Å². The minimum absolute atomic E-state index is 0. The SMILES string of the molecule is CCOc1cc(=[N+](CC)CC)cc2oc3ccccc3nc1-2.[Cl-]. The molecule has 4 nitrogen and oxygen atoms in total. The van der Waals surface area contributed by atoms with Gasteiger partial charge in [-0.05, 0) is 32.9 Å². The van der Waals surface area contributed by atoms with Crippen molar-refractivity contribution in [1.82, 2.24) is 9.56 Å². The van der Waals surface area contributed by atoms with E-state index in [9.17, 15) is 0 Å². The van der Waals surface area contributed by atoms with Crippen molar-refractivity contribution in [3.8, 4) is 17.2 Å². The molecule has 23 heavy (non-hydrogen) atoms. The Labute approximate surface area is 142 Å². The van der Waals surface area contributed by atoms with Crippen LogP contribution in [-0.2, 0) is 0 Å². The van der Waals surface area contributed by atoms with Gasteiger partial charge in [0.05, 0.1) is 18.7 Å². The van der Waals surface area contributed by atoms with E-state index in [4.69, 9.17) is 14.1 Å². The summed E-state index contributed by atoms with van der Waals surface area (Å²) in [5.41, 5.74) is 2.40. The van der Waals surface area contributed by atoms with Crippen molar-refractivity contribution in [2.75, 3.05) is 19.7 Å². The number of hydrogen-bond donors (Lipinski definition) is 0. The molecule has 0 atom stereocenters. The van der Waals surface area contributed by atoms with Crippen LogP contribution in [0.2, 0.25) is 0 Å². The first kappa shape index (κ1) is 17.3. The van der Waals surface area contributed by atoms with Gasteiger partial charge in [0.15, 0.2) is 17.1 Å². The second kappa shape index (κ2) is 7.47. The number of nitrogens with zero attached hydrogens (tertiary/aromatic N) is 2. The van der Waals surface area contributed by atoms with Gasteiger partial charge in [0, 0.05) is 0 Å². The van der Waals surface area contributed by atoms with Gasteiger partial charge in [-0.15, -0.1) is 0 Å². The highest BCUT2D eigenvalue weighted by Gasteiger charge is 2.18. The lowest BCUT2D eigenvalue weighted by atomic mass is 10.2. The first-order valence-electron chi connectivity index (χ1n) is 7.81. The summed E-state index contributed by atoms with van der Waals surface area (Å²) in [5, 5.41) is 1.10. The van der Waals surface area contributed by atoms with E-state index in [1.165, 1.54) is 0 Å². The average molecular weight is 333 g/mol. The first-order chi connectivity index (χ1) is 10.8. The highest BCUT2D eigenvalue weighted by molar-refractivity contribution is 5.77. The number of para-hydroxylation sites is 2. The summed E-state index contributed by atoms with van der Waals surface area (Å²) in [5.74, 6) is 1.53. The molecule has 2 aliphatic rings. The Bertz CT molecular complexity index is 836. The third-order valence-corrected chi connectivity index (χ3v) is 3.77. The van der Waals surface area contributed by atoms with E-state index in [-0.39, 0.29) is 12.4 Å². The monoisotopic (exact) mass is 332 g/mol. The van der Waals surface area contributed by atoms with Crippen molar-refractivity contribution in [3.63, 3.8) is 0 Å². The van der Waals surface area contributed by atoms with Crippen molar-refractivity contribution < 1.29 is 21.6 Å². The maximum absolute atomic E-state index is 6.04. The Balaban J connectivity index is 0.00000192. The molecule has 0 spiro atoms. The number of benzene rings is 2. The Kier molecular flexibility index (Phi) is 5.61. The standard InChI is InChI=1S/C18H21N2O2.ClH/c1-4-20(5-2)13-11-16(21-6-3)18-17(12-13)22-15-10-8-7-9-14(15)19-18;/h7-12H,4-6H2,1-3H3;1H/q+1;/p-1. The zero-order valence-corrected chi connectivity index (χ0v) is 14.4. The molecule has 1 aliphatic heterocycles. The fraction of sp³-hybridized carbons (Fsp3) is 0.333. The van der Waals surface area contributed by atoms with E-state index in [1.54, 1.807) is 0 Å². The molecule has 0 radical (unpaired) electrons. The minimum Gasteiger partial charge on any atom is -1.00 e. The van der Waals surface area contributed by atoms with Gasteiger partial charge in [-0.1, -0.05) is 12.1 Å². The van der Waals surface area contributed by atoms with Crippen LogP contribution in [0.3, 0.4) is 0 Å². The van der Waals surface area contributed by atoms with Crippen molar-refractivity contribution >= 4 is 11.1 Å². The molecule has 0 unspecified atom stereocenters. The van der Waals surface area contributed by atoms with Crippen molar-refractivity contribution in [2.45, 2.75) is 20.8 Å². The van der Waals surface area contributed by atoms with Crippen LogP contribution in [0, 0.1) is 0 Å². The van der Waals surface area contributed by atoms with Crippen molar-refractivity contribution in [1.29, 1.82) is 0 Å². The zero-order valence-electron chi connectivity index (χ0n) is 13.7. The number of aromatic nitrogens is 1. The number of rotatable bonds is 4. The predicted octanol–water partition coefficient (Wildman–Crippen LogP) is 0.147. The molecule has 0 fully saturated rings. The summed E-state index contributed by atoms with van der Waals surface area (Å²) < 4.78 is 14.1. The molecule has 0 N–H and O–H groups in total. The second-order valence-electron chi connectivity index (χ2n) is 5.08. The summed E-state index contributed by atoms with van der Waals surface area (Å²) in [6.07, 6.45) is 0. The molecular formula is C18H21ClN2O2. The quantitative estimate of drug-likeness (QED) is 0.504. The van der Waals surface area contributed by atoms with Crippen molar-refractivity contribution in [3.05, 3.63) is 41.8 Å². The van der Waals surface area contributed by atoms with E-state index in [0.717, 1.165) is 46.8 Å². The maximum atomic E-state index is 6.04. The highest BCUT2D eigenvalue weighted by atomic mass is 35.5. The third kappa shape index (κ3) is 3.32. The fourth-order valence-corrected chi connectivity index (χ4v) is 2.67. The van der Waals surface area contributed by atoms with Gasteiger partial charge in [-0.2, -0.15) is 0 Å². The lowest BCUT2D eigenvalue weighted by molar-refractivity contribution is -0.00000568. The van der Waals surface area contributed by atoms with E-state index in [2.05, 4.69) is 24.5 Å². The molecule has 122 valence electrons. The van der Waals surface area contributed by atoms with E-state index in [0.29, 0.717) is 6.61 Å². The minimum atomic E-state index is 0. The van der Waals surface area contributed by atoms with Gasteiger partial charge >= 0.3 is 0 Å². The van der Waals surface area contributed by atoms with E-state index < -0.39 is 0 Å². The molecule has 1 heterocycles. The van der Waals surface area contributed by atoms with Crippen LogP contribution >= 0.6 is 0 Å². The van der Waals surface area contributed by atoms with Gasteiger partial charge < -0.3 is 21.6 Å². The van der Waals surface area contributed by atoms with Crippen LogP contribution in [0.25, 0.3) is 22.6 Å². The molecule has 0 bridgehead atoms. The summed E-state index contributed by atoms with van der Waals surface area (Å²) in [6, 6.07) is 11.9. The molecule has 3 rings (SSSR count). The lowest BCUT2D eigenvalue weighted by Gasteiger charge is -2.11. The van der Waals surface area contributed by atoms with Gasteiger partial charge in [0.25, 0.3) is 0 Å². The molecule has 1 aromatic rings. The smallest absolute Gasteiger partial charge is 0.207 e. The van der Waals surface area contributed by atoms with E-state index >= 15 is 0 Å². The normalized spacial score (nSPS) is 10.6. The van der Waals surface area contributed by atoms with Crippen molar-refractivity contribution in [2.24, 2.45) is 0 Å². The van der Waals surface area contributed by atoms with Crippen LogP contribution in [-0.4, -0.2) is 24.7 Å². The number of fused-ring (bicyclic) bond motifs is 2. The summed E-state index contributed by atoms with van der Waals surface area (Å²) in [7, 11) is 0. The molecule has 1 aromatic carbocycles. The number of ether oxygens (including phenoxy) is 1. The Morgan fingerprint density at radius 1 is 1.09 bits per heavy atom. The molecule has 0 amide bonds. The largest absolute Gasteiger partial charge is 1.00 e. The first-order valence-corrected chi connectivity index (χ1v) is 7.81. The fourth-order valence-electron chi connectivity index (χ4n) is 2.67. The lowest BCUT2D eigenvalue weighted by Crippen LogP contribution is -3.00. The molecule has 0 saturated heterocycles. The number of halogens is 1. The topological polar surface area (TPSA) is 38.3 Å². The van der Waals surface area contributed by atoms with Crippen LogP contribution in [0.1, 0.15) is 20.8 Å². The highest BCUT2D eigenvalue weighted by Crippen LogP contribution is 2.31. The Morgan fingerprint density at radius 2 is 1.83 bits per heavy atom. The molecule has 5 heteroatoms. The van der Waals surface area contributed by atoms with Crippen LogP contribution < -0.4 is 27.1 Å².